The zero-order valence-corrected chi connectivity index (χ0v) is 12.1. The van der Waals surface area contributed by atoms with Gasteiger partial charge >= 0.3 is 0 Å². The van der Waals surface area contributed by atoms with Crippen molar-refractivity contribution < 1.29 is 4.74 Å². The van der Waals surface area contributed by atoms with Crippen LogP contribution >= 0.6 is 0 Å². The lowest BCUT2D eigenvalue weighted by Gasteiger charge is -2.23. The number of anilines is 3. The monoisotopic (exact) mass is 279 g/mol. The smallest absolute Gasteiger partial charge is 0.142 e. The molecule has 1 heterocycles. The molecule has 0 atom stereocenters. The quantitative estimate of drug-likeness (QED) is 0.744. The van der Waals surface area contributed by atoms with E-state index >= 15 is 0 Å². The number of methoxy groups -OCH3 is 1. The largest absolute Gasteiger partial charge is 0.495 e. The van der Waals surface area contributed by atoms with Gasteiger partial charge in [0.25, 0.3) is 0 Å². The molecule has 0 aliphatic rings. The second-order valence-electron chi connectivity index (χ2n) is 4.80. The van der Waals surface area contributed by atoms with E-state index in [-0.39, 0.29) is 0 Å². The van der Waals surface area contributed by atoms with Gasteiger partial charge in [-0.2, -0.15) is 0 Å². The van der Waals surface area contributed by atoms with Crippen molar-refractivity contribution in [2.45, 2.75) is 0 Å². The first-order valence-corrected chi connectivity index (χ1v) is 6.72. The number of fused-ring (bicyclic) bond motifs is 1. The normalized spacial score (nSPS) is 10.6. The van der Waals surface area contributed by atoms with Crippen molar-refractivity contribution in [2.24, 2.45) is 0 Å². The zero-order valence-electron chi connectivity index (χ0n) is 12.1. The van der Waals surface area contributed by atoms with Crippen molar-refractivity contribution in [3.8, 4) is 5.75 Å². The van der Waals surface area contributed by atoms with Crippen molar-refractivity contribution in [1.29, 1.82) is 0 Å². The molecule has 4 heteroatoms. The standard InChI is InChI=1S/C17H17N3O/c1-20(15-8-3-4-9-16(15)21-2)14-10-11-19-17-12(14)6-5-7-13(17)18/h3-11H,18H2,1-2H3. The molecule has 0 unspecified atom stereocenters. The third kappa shape index (κ3) is 2.25. The van der Waals surface area contributed by atoms with E-state index < -0.39 is 0 Å². The number of rotatable bonds is 3. The van der Waals surface area contributed by atoms with Gasteiger partial charge in [-0.1, -0.05) is 24.3 Å². The molecule has 0 saturated carbocycles. The number of hydrogen-bond acceptors (Lipinski definition) is 4. The van der Waals surface area contributed by atoms with E-state index in [4.69, 9.17) is 10.5 Å². The van der Waals surface area contributed by atoms with E-state index in [0.717, 1.165) is 28.0 Å². The number of pyridine rings is 1. The van der Waals surface area contributed by atoms with Gasteiger partial charge < -0.3 is 15.4 Å². The predicted molar refractivity (Wildman–Crippen MR) is 87.2 cm³/mol. The molecule has 4 nitrogen and oxygen atoms in total. The molecule has 0 spiro atoms. The van der Waals surface area contributed by atoms with Gasteiger partial charge in [0.1, 0.15) is 5.75 Å². The van der Waals surface area contributed by atoms with Crippen LogP contribution < -0.4 is 15.4 Å². The molecular weight excluding hydrogens is 262 g/mol. The summed E-state index contributed by atoms with van der Waals surface area (Å²) in [5.74, 6) is 0.828. The molecule has 0 saturated heterocycles. The summed E-state index contributed by atoms with van der Waals surface area (Å²) in [6.07, 6.45) is 1.78. The second kappa shape index (κ2) is 5.32. The number of nitrogen functional groups attached to an aromatic ring is 1. The van der Waals surface area contributed by atoms with Crippen LogP contribution in [-0.2, 0) is 0 Å². The van der Waals surface area contributed by atoms with Crippen LogP contribution in [-0.4, -0.2) is 19.1 Å². The minimum atomic E-state index is 0.683. The summed E-state index contributed by atoms with van der Waals surface area (Å²) >= 11 is 0. The number of ether oxygens (including phenoxy) is 1. The lowest BCUT2D eigenvalue weighted by molar-refractivity contribution is 0.415. The number of nitrogens with zero attached hydrogens (tertiary/aromatic N) is 2. The Morgan fingerprint density at radius 3 is 2.62 bits per heavy atom. The van der Waals surface area contributed by atoms with Gasteiger partial charge in [0.05, 0.1) is 29.7 Å². The van der Waals surface area contributed by atoms with Crippen LogP contribution in [0.25, 0.3) is 10.9 Å². The average molecular weight is 279 g/mol. The summed E-state index contributed by atoms with van der Waals surface area (Å²) in [7, 11) is 3.69. The van der Waals surface area contributed by atoms with E-state index in [9.17, 15) is 0 Å². The fourth-order valence-electron chi connectivity index (χ4n) is 2.51. The van der Waals surface area contributed by atoms with Gasteiger partial charge in [-0.15, -0.1) is 0 Å². The number of para-hydroxylation sites is 3. The molecule has 0 fully saturated rings. The van der Waals surface area contributed by atoms with Crippen LogP contribution in [0.15, 0.2) is 54.7 Å². The minimum Gasteiger partial charge on any atom is -0.495 e. The van der Waals surface area contributed by atoms with Crippen LogP contribution in [0.5, 0.6) is 5.75 Å². The van der Waals surface area contributed by atoms with E-state index in [2.05, 4.69) is 9.88 Å². The van der Waals surface area contributed by atoms with Crippen LogP contribution in [0, 0.1) is 0 Å². The highest BCUT2D eigenvalue weighted by atomic mass is 16.5. The molecule has 3 rings (SSSR count). The predicted octanol–water partition coefficient (Wildman–Crippen LogP) is 3.59. The number of aromatic nitrogens is 1. The maximum Gasteiger partial charge on any atom is 0.142 e. The Labute approximate surface area is 123 Å². The lowest BCUT2D eigenvalue weighted by atomic mass is 10.1. The SMILES string of the molecule is COc1ccccc1N(C)c1ccnc2c(N)cccc12. The highest BCUT2D eigenvalue weighted by Crippen LogP contribution is 2.36. The van der Waals surface area contributed by atoms with Crippen LogP contribution in [0.1, 0.15) is 0 Å². The van der Waals surface area contributed by atoms with Crippen molar-refractivity contribution in [1.82, 2.24) is 4.98 Å². The molecule has 0 aliphatic carbocycles. The summed E-state index contributed by atoms with van der Waals surface area (Å²) in [5.41, 5.74) is 9.55. The maximum atomic E-state index is 6.01. The Kier molecular flexibility index (Phi) is 3.36. The first kappa shape index (κ1) is 13.2. The fourth-order valence-corrected chi connectivity index (χ4v) is 2.51. The highest BCUT2D eigenvalue weighted by Gasteiger charge is 2.13. The topological polar surface area (TPSA) is 51.4 Å². The molecule has 0 bridgehead atoms. The highest BCUT2D eigenvalue weighted by molar-refractivity contribution is 5.99. The van der Waals surface area contributed by atoms with E-state index in [1.807, 2.05) is 55.6 Å². The van der Waals surface area contributed by atoms with Gasteiger partial charge in [-0.3, -0.25) is 4.98 Å². The second-order valence-corrected chi connectivity index (χ2v) is 4.80. The Balaban J connectivity index is 2.18. The molecule has 0 radical (unpaired) electrons. The van der Waals surface area contributed by atoms with Gasteiger partial charge in [0, 0.05) is 18.6 Å². The summed E-state index contributed by atoms with van der Waals surface area (Å²) in [4.78, 5) is 6.46. The molecular formula is C17H17N3O. The molecule has 0 amide bonds. The Morgan fingerprint density at radius 1 is 1.00 bits per heavy atom. The number of benzene rings is 2. The Morgan fingerprint density at radius 2 is 1.81 bits per heavy atom. The molecule has 2 N–H and O–H groups in total. The number of nitrogens with two attached hydrogens (primary N) is 1. The summed E-state index contributed by atoms with van der Waals surface area (Å²) in [5, 5.41) is 1.02. The molecule has 106 valence electrons. The lowest BCUT2D eigenvalue weighted by Crippen LogP contribution is -2.11. The summed E-state index contributed by atoms with van der Waals surface area (Å²) in [6, 6.07) is 15.7. The van der Waals surface area contributed by atoms with Gasteiger partial charge in [-0.25, -0.2) is 0 Å². The number of hydrogen-bond donors (Lipinski definition) is 1. The molecule has 0 aliphatic heterocycles. The van der Waals surface area contributed by atoms with Gasteiger partial charge in [-0.05, 0) is 24.3 Å². The maximum absolute atomic E-state index is 6.01. The van der Waals surface area contributed by atoms with Crippen LogP contribution in [0.2, 0.25) is 0 Å². The molecule has 2 aromatic carbocycles. The van der Waals surface area contributed by atoms with E-state index in [0.29, 0.717) is 5.69 Å². The molecule has 21 heavy (non-hydrogen) atoms. The Hall–Kier alpha value is -2.75. The van der Waals surface area contributed by atoms with Crippen LogP contribution in [0.3, 0.4) is 0 Å². The van der Waals surface area contributed by atoms with Crippen LogP contribution in [0.4, 0.5) is 17.1 Å². The first-order valence-electron chi connectivity index (χ1n) is 6.72. The van der Waals surface area contributed by atoms with E-state index in [1.165, 1.54) is 0 Å². The Bertz CT molecular complexity index is 786. The fraction of sp³-hybridized carbons (Fsp3) is 0.118. The van der Waals surface area contributed by atoms with Crippen molar-refractivity contribution in [3.05, 3.63) is 54.7 Å². The van der Waals surface area contributed by atoms with Gasteiger partial charge in [0.2, 0.25) is 0 Å². The summed E-state index contributed by atoms with van der Waals surface area (Å²) < 4.78 is 5.44. The molecule has 3 aromatic rings. The van der Waals surface area contributed by atoms with Crippen molar-refractivity contribution in [3.63, 3.8) is 0 Å². The first-order chi connectivity index (χ1) is 10.2. The van der Waals surface area contributed by atoms with Crippen molar-refractivity contribution >= 4 is 28.0 Å². The molecule has 1 aromatic heterocycles. The van der Waals surface area contributed by atoms with Crippen molar-refractivity contribution in [2.75, 3.05) is 24.8 Å². The average Bonchev–Trinajstić information content (AvgIpc) is 2.54. The third-order valence-corrected chi connectivity index (χ3v) is 3.59. The van der Waals surface area contributed by atoms with E-state index in [1.54, 1.807) is 13.3 Å². The minimum absolute atomic E-state index is 0.683. The van der Waals surface area contributed by atoms with Gasteiger partial charge in [0.15, 0.2) is 0 Å². The summed E-state index contributed by atoms with van der Waals surface area (Å²) in [6.45, 7) is 0. The third-order valence-electron chi connectivity index (χ3n) is 3.59. The zero-order chi connectivity index (χ0) is 14.8.